The van der Waals surface area contributed by atoms with Crippen molar-refractivity contribution in [3.63, 3.8) is 0 Å². The van der Waals surface area contributed by atoms with Gasteiger partial charge in [-0.1, -0.05) is 75.4 Å². The summed E-state index contributed by atoms with van der Waals surface area (Å²) < 4.78 is 20.8. The lowest BCUT2D eigenvalue weighted by Gasteiger charge is -2.35. The summed E-state index contributed by atoms with van der Waals surface area (Å²) >= 11 is 0. The second-order valence-corrected chi connectivity index (χ2v) is 12.1. The molecule has 0 bridgehead atoms. The van der Waals surface area contributed by atoms with Gasteiger partial charge >= 0.3 is 0 Å². The van der Waals surface area contributed by atoms with Crippen LogP contribution in [0.25, 0.3) is 0 Å². The van der Waals surface area contributed by atoms with Gasteiger partial charge in [0.1, 0.15) is 5.82 Å². The zero-order valence-corrected chi connectivity index (χ0v) is 24.1. The number of morpholine rings is 1. The van der Waals surface area contributed by atoms with Gasteiger partial charge in [0.15, 0.2) is 0 Å². The van der Waals surface area contributed by atoms with E-state index in [1.54, 1.807) is 4.90 Å². The van der Waals surface area contributed by atoms with Crippen LogP contribution in [0.3, 0.4) is 0 Å². The first-order valence-electron chi connectivity index (χ1n) is 14.6. The highest BCUT2D eigenvalue weighted by Gasteiger charge is 2.30. The lowest BCUT2D eigenvalue weighted by atomic mass is 9.86. The van der Waals surface area contributed by atoms with Gasteiger partial charge < -0.3 is 14.5 Å². The first kappa shape index (κ1) is 28.3. The average Bonchev–Trinajstić information content (AvgIpc) is 2.97. The van der Waals surface area contributed by atoms with Crippen LogP contribution in [0.5, 0.6) is 0 Å². The van der Waals surface area contributed by atoms with Crippen LogP contribution >= 0.6 is 0 Å². The molecule has 1 amide bonds. The Labute approximate surface area is 238 Å². The average molecular weight is 544 g/mol. The number of rotatable bonds is 7. The normalized spacial score (nSPS) is 17.1. The molecule has 0 N–H and O–H groups in total. The number of anilines is 2. The molecule has 2 heterocycles. The molecule has 0 radical (unpaired) electrons. The summed E-state index contributed by atoms with van der Waals surface area (Å²) in [5, 5.41) is 0. The predicted molar refractivity (Wildman–Crippen MR) is 160 cm³/mol. The topological polar surface area (TPSA) is 36.0 Å². The van der Waals surface area contributed by atoms with E-state index < -0.39 is 0 Å². The fourth-order valence-electron chi connectivity index (χ4n) is 5.71. The van der Waals surface area contributed by atoms with Gasteiger partial charge in [-0.25, -0.2) is 4.39 Å². The van der Waals surface area contributed by atoms with Crippen molar-refractivity contribution >= 4 is 17.3 Å². The number of piperidine rings is 1. The smallest absolute Gasteiger partial charge is 0.230 e. The molecule has 2 aliphatic rings. The lowest BCUT2D eigenvalue weighted by molar-refractivity contribution is -0.124. The maximum absolute atomic E-state index is 15.4. The molecule has 0 unspecified atom stereocenters. The molecule has 2 fully saturated rings. The summed E-state index contributed by atoms with van der Waals surface area (Å²) in [7, 11) is 0. The Balaban J connectivity index is 1.27. The van der Waals surface area contributed by atoms with Gasteiger partial charge in [0, 0.05) is 31.2 Å². The van der Waals surface area contributed by atoms with Crippen LogP contribution in [-0.2, 0) is 28.0 Å². The molecule has 0 aromatic heterocycles. The lowest BCUT2D eigenvalue weighted by Crippen LogP contribution is -2.42. The number of benzene rings is 3. The number of halogens is 1. The first-order valence-corrected chi connectivity index (χ1v) is 14.6. The number of carbonyl (C=O) groups is 1. The minimum Gasteiger partial charge on any atom is -0.378 e. The molecule has 5 rings (SSSR count). The van der Waals surface area contributed by atoms with Crippen LogP contribution in [0.4, 0.5) is 15.8 Å². The fraction of sp³-hybridized carbons (Fsp3) is 0.441. The fourth-order valence-corrected chi connectivity index (χ4v) is 5.71. The number of nitrogens with zero attached hydrogens (tertiary/aromatic N) is 3. The van der Waals surface area contributed by atoms with Crippen molar-refractivity contribution in [2.45, 2.75) is 52.1 Å². The van der Waals surface area contributed by atoms with E-state index in [4.69, 9.17) is 4.74 Å². The Morgan fingerprint density at radius 1 is 0.900 bits per heavy atom. The van der Waals surface area contributed by atoms with Crippen molar-refractivity contribution in [1.82, 2.24) is 4.90 Å². The van der Waals surface area contributed by atoms with E-state index >= 15 is 4.39 Å². The van der Waals surface area contributed by atoms with E-state index in [2.05, 4.69) is 49.9 Å². The van der Waals surface area contributed by atoms with E-state index in [0.29, 0.717) is 44.2 Å². The number of ether oxygens (including phenoxy) is 1. The SMILES string of the molecule is CC(C)(C)c1ccc(CN2CCC(C(=O)N(Cc3ccccc3)c3ccc(N4CCOCC4)c(F)c3)CC2)cc1. The quantitative estimate of drug-likeness (QED) is 0.345. The first-order chi connectivity index (χ1) is 19.3. The Kier molecular flexibility index (Phi) is 8.87. The van der Waals surface area contributed by atoms with Gasteiger partial charge in [0.2, 0.25) is 5.91 Å². The van der Waals surface area contributed by atoms with Crippen molar-refractivity contribution in [1.29, 1.82) is 0 Å². The van der Waals surface area contributed by atoms with Gasteiger partial charge in [0.25, 0.3) is 0 Å². The molecule has 5 nitrogen and oxygen atoms in total. The van der Waals surface area contributed by atoms with Gasteiger partial charge in [0.05, 0.1) is 25.4 Å². The summed E-state index contributed by atoms with van der Waals surface area (Å²) in [5.41, 5.74) is 5.01. The van der Waals surface area contributed by atoms with Crippen molar-refractivity contribution in [2.24, 2.45) is 5.92 Å². The summed E-state index contributed by atoms with van der Waals surface area (Å²) in [5.74, 6) is -0.292. The molecule has 2 aliphatic heterocycles. The highest BCUT2D eigenvalue weighted by atomic mass is 19.1. The standard InChI is InChI=1S/C34H42FN3O2/c1-34(2,3)29-11-9-27(10-12-29)24-36-17-15-28(16-18-36)33(39)38(25-26-7-5-4-6-8-26)30-13-14-32(31(35)23-30)37-19-21-40-22-20-37/h4-14,23,28H,15-22,24-25H2,1-3H3. The predicted octanol–water partition coefficient (Wildman–Crippen LogP) is 6.41. The van der Waals surface area contributed by atoms with Gasteiger partial charge in [-0.2, -0.15) is 0 Å². The third-order valence-corrected chi connectivity index (χ3v) is 8.21. The zero-order valence-electron chi connectivity index (χ0n) is 24.1. The number of likely N-dealkylation sites (tertiary alicyclic amines) is 1. The van der Waals surface area contributed by atoms with Crippen molar-refractivity contribution in [3.8, 4) is 0 Å². The van der Waals surface area contributed by atoms with E-state index in [9.17, 15) is 4.79 Å². The van der Waals surface area contributed by atoms with Crippen molar-refractivity contribution in [3.05, 3.63) is 95.3 Å². The molecule has 6 heteroatoms. The largest absolute Gasteiger partial charge is 0.378 e. The van der Waals surface area contributed by atoms with Gasteiger partial charge in [-0.05, 0) is 66.2 Å². The van der Waals surface area contributed by atoms with Crippen molar-refractivity contribution in [2.75, 3.05) is 49.2 Å². The second-order valence-electron chi connectivity index (χ2n) is 12.1. The summed E-state index contributed by atoms with van der Waals surface area (Å²) in [4.78, 5) is 20.2. The summed E-state index contributed by atoms with van der Waals surface area (Å²) in [6, 6.07) is 24.1. The van der Waals surface area contributed by atoms with Crippen LogP contribution < -0.4 is 9.80 Å². The second kappa shape index (κ2) is 12.5. The van der Waals surface area contributed by atoms with E-state index in [1.165, 1.54) is 17.2 Å². The molecule has 2 saturated heterocycles. The highest BCUT2D eigenvalue weighted by Crippen LogP contribution is 2.30. The molecule has 0 spiro atoms. The molecule has 0 atom stereocenters. The maximum atomic E-state index is 15.4. The number of hydrogen-bond acceptors (Lipinski definition) is 4. The van der Waals surface area contributed by atoms with Gasteiger partial charge in [-0.15, -0.1) is 0 Å². The molecular formula is C34H42FN3O2. The zero-order chi connectivity index (χ0) is 28.1. The molecule has 212 valence electrons. The summed E-state index contributed by atoms with van der Waals surface area (Å²) in [6.07, 6.45) is 1.61. The van der Waals surface area contributed by atoms with E-state index in [-0.39, 0.29) is 23.1 Å². The maximum Gasteiger partial charge on any atom is 0.230 e. The Morgan fingerprint density at radius 3 is 2.20 bits per heavy atom. The van der Waals surface area contributed by atoms with Crippen LogP contribution in [-0.4, -0.2) is 50.2 Å². The van der Waals surface area contributed by atoms with Crippen LogP contribution in [0, 0.1) is 11.7 Å². The number of hydrogen-bond donors (Lipinski definition) is 0. The minimum atomic E-state index is -0.294. The van der Waals surface area contributed by atoms with Crippen LogP contribution in [0.15, 0.2) is 72.8 Å². The Bertz CT molecular complexity index is 1260. The number of amides is 1. The van der Waals surface area contributed by atoms with Gasteiger partial charge in [-0.3, -0.25) is 9.69 Å². The number of carbonyl (C=O) groups excluding carboxylic acids is 1. The molecule has 40 heavy (non-hydrogen) atoms. The molecule has 3 aromatic rings. The third-order valence-electron chi connectivity index (χ3n) is 8.21. The van der Waals surface area contributed by atoms with Crippen molar-refractivity contribution < 1.29 is 13.9 Å². The molecule has 0 aliphatic carbocycles. The molecular weight excluding hydrogens is 501 g/mol. The third kappa shape index (κ3) is 6.91. The summed E-state index contributed by atoms with van der Waals surface area (Å²) in [6.45, 7) is 12.3. The van der Waals surface area contributed by atoms with E-state index in [0.717, 1.165) is 38.0 Å². The monoisotopic (exact) mass is 543 g/mol. The molecule has 3 aromatic carbocycles. The highest BCUT2D eigenvalue weighted by molar-refractivity contribution is 5.95. The molecule has 0 saturated carbocycles. The van der Waals surface area contributed by atoms with Crippen LogP contribution in [0.1, 0.15) is 50.3 Å². The Morgan fingerprint density at radius 2 is 1.57 bits per heavy atom. The Hall–Kier alpha value is -3.22. The minimum absolute atomic E-state index is 0.0785. The van der Waals surface area contributed by atoms with Crippen LogP contribution in [0.2, 0.25) is 0 Å². The van der Waals surface area contributed by atoms with E-state index in [1.807, 2.05) is 47.4 Å².